The molecule has 5 nitrogen and oxygen atoms in total. The Balaban J connectivity index is 2.33. The van der Waals surface area contributed by atoms with Crippen molar-refractivity contribution in [3.63, 3.8) is 0 Å². The van der Waals surface area contributed by atoms with Crippen molar-refractivity contribution < 1.29 is 8.42 Å². The van der Waals surface area contributed by atoms with Crippen molar-refractivity contribution in [3.8, 4) is 0 Å². The molecule has 98 valence electrons. The molecule has 0 aliphatic rings. The van der Waals surface area contributed by atoms with E-state index in [1.807, 2.05) is 13.8 Å². The second kappa shape index (κ2) is 5.02. The average Bonchev–Trinajstić information content (AvgIpc) is 2.86. The lowest BCUT2D eigenvalue weighted by Crippen LogP contribution is -2.12. The molecular formula is C10H12BrN3O2S2. The number of H-pyrrole nitrogens is 1. The Labute approximate surface area is 118 Å². The first kappa shape index (κ1) is 13.6. The quantitative estimate of drug-likeness (QED) is 0.890. The van der Waals surface area contributed by atoms with Crippen LogP contribution in [-0.4, -0.2) is 18.6 Å². The van der Waals surface area contributed by atoms with Gasteiger partial charge in [-0.05, 0) is 40.9 Å². The van der Waals surface area contributed by atoms with Crippen LogP contribution in [0.2, 0.25) is 0 Å². The molecule has 0 aliphatic heterocycles. The summed E-state index contributed by atoms with van der Waals surface area (Å²) in [5.41, 5.74) is 1.74. The molecule has 0 saturated heterocycles. The lowest BCUT2D eigenvalue weighted by atomic mass is 10.3. The van der Waals surface area contributed by atoms with Gasteiger partial charge in [0.2, 0.25) is 0 Å². The van der Waals surface area contributed by atoms with Gasteiger partial charge < -0.3 is 0 Å². The largest absolute Gasteiger partial charge is 0.272 e. The number of aromatic amines is 1. The second-order valence-corrected chi connectivity index (χ2v) is 8.03. The maximum atomic E-state index is 12.2. The number of nitrogens with zero attached hydrogens (tertiary/aromatic N) is 1. The average molecular weight is 350 g/mol. The van der Waals surface area contributed by atoms with Crippen molar-refractivity contribution in [3.05, 3.63) is 27.2 Å². The van der Waals surface area contributed by atoms with Crippen molar-refractivity contribution in [2.75, 3.05) is 4.72 Å². The number of aromatic nitrogens is 2. The van der Waals surface area contributed by atoms with Crippen molar-refractivity contribution in [1.82, 2.24) is 10.2 Å². The maximum absolute atomic E-state index is 12.2. The van der Waals surface area contributed by atoms with Crippen molar-refractivity contribution in [2.24, 2.45) is 0 Å². The third-order valence-corrected chi connectivity index (χ3v) is 6.39. The molecule has 0 atom stereocenters. The topological polar surface area (TPSA) is 74.8 Å². The summed E-state index contributed by atoms with van der Waals surface area (Å²) in [6, 6.07) is 1.64. The van der Waals surface area contributed by atoms with Gasteiger partial charge in [-0.2, -0.15) is 5.10 Å². The normalized spacial score (nSPS) is 11.7. The number of nitrogens with one attached hydrogen (secondary N) is 2. The van der Waals surface area contributed by atoms with Crippen LogP contribution in [0.4, 0.5) is 5.82 Å². The van der Waals surface area contributed by atoms with Crippen LogP contribution in [0.5, 0.6) is 0 Å². The SMILES string of the molecule is CCc1cn[nH]c1NS(=O)(=O)c1cc(C)c(Br)s1. The van der Waals surface area contributed by atoms with Crippen LogP contribution in [0.1, 0.15) is 18.1 Å². The van der Waals surface area contributed by atoms with Gasteiger partial charge in [-0.3, -0.25) is 9.82 Å². The first-order valence-electron chi connectivity index (χ1n) is 5.25. The van der Waals surface area contributed by atoms with Crippen LogP contribution in [0.3, 0.4) is 0 Å². The smallest absolute Gasteiger partial charge is 0.263 e. The molecule has 0 radical (unpaired) electrons. The monoisotopic (exact) mass is 349 g/mol. The van der Waals surface area contributed by atoms with E-state index in [1.54, 1.807) is 12.3 Å². The number of anilines is 1. The molecule has 2 heterocycles. The van der Waals surface area contributed by atoms with Crippen LogP contribution in [0.25, 0.3) is 0 Å². The molecule has 0 aliphatic carbocycles. The predicted molar refractivity (Wildman–Crippen MR) is 75.5 cm³/mol. The summed E-state index contributed by atoms with van der Waals surface area (Å²) in [6.45, 7) is 3.79. The fourth-order valence-electron chi connectivity index (χ4n) is 1.42. The van der Waals surface area contributed by atoms with E-state index in [0.717, 1.165) is 14.9 Å². The third-order valence-electron chi connectivity index (χ3n) is 2.43. The van der Waals surface area contributed by atoms with Gasteiger partial charge >= 0.3 is 0 Å². The lowest BCUT2D eigenvalue weighted by molar-refractivity contribution is 0.603. The summed E-state index contributed by atoms with van der Waals surface area (Å²) in [6.07, 6.45) is 2.33. The highest BCUT2D eigenvalue weighted by Crippen LogP contribution is 2.31. The fourth-order valence-corrected chi connectivity index (χ4v) is 4.70. The summed E-state index contributed by atoms with van der Waals surface area (Å²) in [4.78, 5) is 0. The number of sulfonamides is 1. The molecule has 0 spiro atoms. The Morgan fingerprint density at radius 3 is 2.83 bits per heavy atom. The second-order valence-electron chi connectivity index (χ2n) is 3.75. The molecule has 2 aromatic rings. The van der Waals surface area contributed by atoms with Gasteiger partial charge in [-0.25, -0.2) is 8.42 Å². The third kappa shape index (κ3) is 2.60. The minimum absolute atomic E-state index is 0.281. The first-order valence-corrected chi connectivity index (χ1v) is 8.34. The summed E-state index contributed by atoms with van der Waals surface area (Å²) in [7, 11) is -3.55. The molecule has 0 saturated carbocycles. The molecule has 2 aromatic heterocycles. The summed E-state index contributed by atoms with van der Waals surface area (Å²) in [5.74, 6) is 0.430. The molecule has 8 heteroatoms. The Morgan fingerprint density at radius 2 is 2.28 bits per heavy atom. The van der Waals surface area contributed by atoms with Crippen molar-refractivity contribution >= 4 is 43.1 Å². The highest BCUT2D eigenvalue weighted by atomic mass is 79.9. The first-order chi connectivity index (χ1) is 8.44. The van der Waals surface area contributed by atoms with E-state index in [1.165, 1.54) is 11.3 Å². The van der Waals surface area contributed by atoms with Crippen LogP contribution >= 0.6 is 27.3 Å². The molecule has 0 amide bonds. The van der Waals surface area contributed by atoms with E-state index in [2.05, 4.69) is 30.8 Å². The van der Waals surface area contributed by atoms with Crippen molar-refractivity contribution in [2.45, 2.75) is 24.5 Å². The zero-order chi connectivity index (χ0) is 13.3. The number of rotatable bonds is 4. The van der Waals surface area contributed by atoms with Gasteiger partial charge in [-0.1, -0.05) is 6.92 Å². The molecule has 18 heavy (non-hydrogen) atoms. The number of aryl methyl sites for hydroxylation is 2. The van der Waals surface area contributed by atoms with Crippen molar-refractivity contribution in [1.29, 1.82) is 0 Å². The number of hydrogen-bond donors (Lipinski definition) is 2. The van der Waals surface area contributed by atoms with E-state index < -0.39 is 10.0 Å². The van der Waals surface area contributed by atoms with Gasteiger partial charge in [0.15, 0.2) is 0 Å². The number of thiophene rings is 1. The van der Waals surface area contributed by atoms with Crippen LogP contribution in [-0.2, 0) is 16.4 Å². The summed E-state index contributed by atoms with van der Waals surface area (Å²) in [5, 5.41) is 6.49. The van der Waals surface area contributed by atoms with E-state index in [-0.39, 0.29) is 4.21 Å². The molecule has 2 N–H and O–H groups in total. The maximum Gasteiger partial charge on any atom is 0.272 e. The van der Waals surface area contributed by atoms with Gasteiger partial charge in [-0.15, -0.1) is 11.3 Å². The fraction of sp³-hybridized carbons (Fsp3) is 0.300. The Kier molecular flexibility index (Phi) is 3.79. The van der Waals surface area contributed by atoms with Crippen LogP contribution in [0.15, 0.2) is 20.3 Å². The number of halogens is 1. The highest BCUT2D eigenvalue weighted by Gasteiger charge is 2.20. The summed E-state index contributed by atoms with van der Waals surface area (Å²) >= 11 is 4.51. The minimum atomic E-state index is -3.55. The zero-order valence-corrected chi connectivity index (χ0v) is 13.0. The zero-order valence-electron chi connectivity index (χ0n) is 9.82. The Morgan fingerprint density at radius 1 is 1.56 bits per heavy atom. The Bertz CT molecular complexity index is 641. The number of hydrogen-bond acceptors (Lipinski definition) is 4. The van der Waals surface area contributed by atoms with E-state index in [0.29, 0.717) is 12.2 Å². The predicted octanol–water partition coefficient (Wildman–Crippen LogP) is 2.91. The van der Waals surface area contributed by atoms with Gasteiger partial charge in [0.1, 0.15) is 10.0 Å². The standard InChI is InChI=1S/C10H12BrN3O2S2/c1-3-7-5-12-13-10(7)14-18(15,16)8-4-6(2)9(11)17-8/h4-5H,3H2,1-2H3,(H2,12,13,14). The van der Waals surface area contributed by atoms with Gasteiger partial charge in [0.05, 0.1) is 9.98 Å². The van der Waals surface area contributed by atoms with E-state index in [4.69, 9.17) is 0 Å². The molecular weight excluding hydrogens is 338 g/mol. The highest BCUT2D eigenvalue weighted by molar-refractivity contribution is 9.11. The molecule has 0 aromatic carbocycles. The van der Waals surface area contributed by atoms with Gasteiger partial charge in [0.25, 0.3) is 10.0 Å². The minimum Gasteiger partial charge on any atom is -0.263 e. The van der Waals surface area contributed by atoms with Gasteiger partial charge in [0, 0.05) is 5.56 Å². The molecule has 2 rings (SSSR count). The summed E-state index contributed by atoms with van der Waals surface area (Å²) < 4.78 is 27.9. The van der Waals surface area contributed by atoms with E-state index >= 15 is 0 Å². The molecule has 0 fully saturated rings. The Hall–Kier alpha value is -0.860. The van der Waals surface area contributed by atoms with Crippen LogP contribution < -0.4 is 4.72 Å². The van der Waals surface area contributed by atoms with Crippen LogP contribution in [0, 0.1) is 6.92 Å². The molecule has 0 bridgehead atoms. The van der Waals surface area contributed by atoms with E-state index in [9.17, 15) is 8.42 Å². The molecule has 0 unspecified atom stereocenters. The lowest BCUT2D eigenvalue weighted by Gasteiger charge is -2.05.